The van der Waals surface area contributed by atoms with E-state index < -0.39 is 4.92 Å². The average molecular weight is 261 g/mol. The van der Waals surface area contributed by atoms with E-state index in [9.17, 15) is 14.9 Å². The number of Topliss-reactive ketones (excluding diaryl/α,β-unsaturated/α-hetero) is 1. The molecule has 1 saturated carbocycles. The minimum atomic E-state index is -0.407. The second-order valence-corrected chi connectivity index (χ2v) is 5.23. The maximum atomic E-state index is 12.2. The normalized spacial score (nSPS) is 23.3. The van der Waals surface area contributed by atoms with Crippen molar-refractivity contribution in [3.05, 3.63) is 39.9 Å². The molecule has 0 spiro atoms. The Bertz CT molecular complexity index is 465. The quantitative estimate of drug-likeness (QED) is 0.611. The number of nitrogens with zero attached hydrogens (tertiary/aromatic N) is 1. The van der Waals surface area contributed by atoms with Crippen LogP contribution < -0.4 is 0 Å². The highest BCUT2D eigenvalue weighted by atomic mass is 16.6. The number of non-ortho nitro benzene ring substituents is 1. The molecule has 1 fully saturated rings. The minimum Gasteiger partial charge on any atom is -0.299 e. The highest BCUT2D eigenvalue weighted by Crippen LogP contribution is 2.38. The lowest BCUT2D eigenvalue weighted by atomic mass is 9.73. The first-order valence-corrected chi connectivity index (χ1v) is 6.90. The van der Waals surface area contributed by atoms with Gasteiger partial charge in [-0.3, -0.25) is 14.9 Å². The number of rotatable bonds is 4. The molecule has 1 aromatic rings. The Morgan fingerprint density at radius 1 is 1.32 bits per heavy atom. The molecule has 4 nitrogen and oxygen atoms in total. The zero-order chi connectivity index (χ0) is 13.8. The SMILES string of the molecule is CCC[C@@H]1CCCC(=O)[C@H]1c1ccc([N+](=O)[O-])cc1. The minimum absolute atomic E-state index is 0.0606. The van der Waals surface area contributed by atoms with Crippen LogP contribution in [0.3, 0.4) is 0 Å². The van der Waals surface area contributed by atoms with Crippen LogP contribution in [-0.4, -0.2) is 10.7 Å². The molecule has 0 bridgehead atoms. The van der Waals surface area contributed by atoms with Crippen molar-refractivity contribution >= 4 is 11.5 Å². The monoisotopic (exact) mass is 261 g/mol. The van der Waals surface area contributed by atoms with Gasteiger partial charge in [0.15, 0.2) is 0 Å². The molecule has 4 heteroatoms. The van der Waals surface area contributed by atoms with E-state index in [-0.39, 0.29) is 11.6 Å². The van der Waals surface area contributed by atoms with Crippen LogP contribution >= 0.6 is 0 Å². The van der Waals surface area contributed by atoms with E-state index >= 15 is 0 Å². The molecule has 1 aliphatic rings. The summed E-state index contributed by atoms with van der Waals surface area (Å²) in [5.74, 6) is 0.626. The van der Waals surface area contributed by atoms with Gasteiger partial charge in [0.2, 0.25) is 0 Å². The maximum Gasteiger partial charge on any atom is 0.269 e. The highest BCUT2D eigenvalue weighted by molar-refractivity contribution is 5.86. The molecular formula is C15H19NO3. The molecule has 0 radical (unpaired) electrons. The van der Waals surface area contributed by atoms with Gasteiger partial charge in [-0.2, -0.15) is 0 Å². The van der Waals surface area contributed by atoms with Crippen molar-refractivity contribution in [1.29, 1.82) is 0 Å². The molecule has 102 valence electrons. The summed E-state index contributed by atoms with van der Waals surface area (Å²) in [5.41, 5.74) is 1.02. The zero-order valence-corrected chi connectivity index (χ0v) is 11.2. The predicted octanol–water partition coefficient (Wildman–Crippen LogP) is 3.85. The van der Waals surface area contributed by atoms with Crippen LogP contribution in [0.5, 0.6) is 0 Å². The van der Waals surface area contributed by atoms with Gasteiger partial charge in [-0.15, -0.1) is 0 Å². The number of carbonyl (C=O) groups excluding carboxylic acids is 1. The summed E-state index contributed by atoms with van der Waals surface area (Å²) in [7, 11) is 0. The summed E-state index contributed by atoms with van der Waals surface area (Å²) in [6, 6.07) is 6.49. The van der Waals surface area contributed by atoms with Crippen LogP contribution in [0.25, 0.3) is 0 Å². The summed E-state index contributed by atoms with van der Waals surface area (Å²) in [4.78, 5) is 22.4. The first-order valence-electron chi connectivity index (χ1n) is 6.90. The number of carbonyl (C=O) groups is 1. The summed E-state index contributed by atoms with van der Waals surface area (Å²) < 4.78 is 0. The molecule has 19 heavy (non-hydrogen) atoms. The number of hydrogen-bond acceptors (Lipinski definition) is 3. The van der Waals surface area contributed by atoms with E-state index in [1.165, 1.54) is 12.1 Å². The molecule has 0 saturated heterocycles. The fraction of sp³-hybridized carbons (Fsp3) is 0.533. The smallest absolute Gasteiger partial charge is 0.269 e. The number of nitro groups is 1. The van der Waals surface area contributed by atoms with Crippen LogP contribution in [0.1, 0.15) is 50.5 Å². The Balaban J connectivity index is 2.25. The summed E-state index contributed by atoms with van der Waals surface area (Å²) >= 11 is 0. The van der Waals surface area contributed by atoms with Crippen molar-refractivity contribution in [1.82, 2.24) is 0 Å². The van der Waals surface area contributed by atoms with Gasteiger partial charge in [-0.1, -0.05) is 25.5 Å². The molecule has 0 unspecified atom stereocenters. The molecule has 0 aromatic heterocycles. The van der Waals surface area contributed by atoms with E-state index in [0.29, 0.717) is 18.1 Å². The topological polar surface area (TPSA) is 60.2 Å². The standard InChI is InChI=1S/C15H19NO3/c1-2-4-11-5-3-6-14(17)15(11)12-7-9-13(10-8-12)16(18)19/h7-11,15H,2-6H2,1H3/t11-,15-/m1/s1. The lowest BCUT2D eigenvalue weighted by Crippen LogP contribution is -2.26. The van der Waals surface area contributed by atoms with E-state index in [4.69, 9.17) is 0 Å². The fourth-order valence-corrected chi connectivity index (χ4v) is 3.07. The maximum absolute atomic E-state index is 12.2. The Morgan fingerprint density at radius 3 is 2.58 bits per heavy atom. The zero-order valence-electron chi connectivity index (χ0n) is 11.2. The van der Waals surface area contributed by atoms with Crippen LogP contribution in [0.15, 0.2) is 24.3 Å². The van der Waals surface area contributed by atoms with Crippen LogP contribution in [-0.2, 0) is 4.79 Å². The van der Waals surface area contributed by atoms with Gasteiger partial charge in [0.1, 0.15) is 5.78 Å². The number of hydrogen-bond donors (Lipinski definition) is 0. The van der Waals surface area contributed by atoms with Gasteiger partial charge in [0.25, 0.3) is 5.69 Å². The van der Waals surface area contributed by atoms with E-state index in [1.54, 1.807) is 12.1 Å². The largest absolute Gasteiger partial charge is 0.299 e. The third kappa shape index (κ3) is 3.00. The second-order valence-electron chi connectivity index (χ2n) is 5.23. The van der Waals surface area contributed by atoms with Crippen LogP contribution in [0.2, 0.25) is 0 Å². The molecular weight excluding hydrogens is 242 g/mol. The molecule has 0 aliphatic heterocycles. The fourth-order valence-electron chi connectivity index (χ4n) is 3.07. The summed E-state index contributed by atoms with van der Waals surface area (Å²) in [6.45, 7) is 2.13. The predicted molar refractivity (Wildman–Crippen MR) is 73.1 cm³/mol. The highest BCUT2D eigenvalue weighted by Gasteiger charge is 2.32. The van der Waals surface area contributed by atoms with Crippen molar-refractivity contribution in [2.45, 2.75) is 44.9 Å². The van der Waals surface area contributed by atoms with Gasteiger partial charge in [0.05, 0.1) is 4.92 Å². The molecule has 0 heterocycles. The van der Waals surface area contributed by atoms with E-state index in [0.717, 1.165) is 31.2 Å². The molecule has 2 atom stereocenters. The number of ketones is 1. The van der Waals surface area contributed by atoms with Crippen molar-refractivity contribution in [2.24, 2.45) is 5.92 Å². The second kappa shape index (κ2) is 5.95. The molecule has 1 aromatic carbocycles. The summed E-state index contributed by atoms with van der Waals surface area (Å²) in [5, 5.41) is 10.7. The Labute approximate surface area is 113 Å². The third-order valence-electron chi connectivity index (χ3n) is 3.94. The van der Waals surface area contributed by atoms with Crippen molar-refractivity contribution in [3.63, 3.8) is 0 Å². The first-order chi connectivity index (χ1) is 9.13. The summed E-state index contributed by atoms with van der Waals surface area (Å²) in [6.07, 6.45) is 4.82. The lowest BCUT2D eigenvalue weighted by molar-refractivity contribution is -0.384. The van der Waals surface area contributed by atoms with Gasteiger partial charge in [0, 0.05) is 24.5 Å². The van der Waals surface area contributed by atoms with E-state index in [2.05, 4.69) is 6.92 Å². The lowest BCUT2D eigenvalue weighted by Gasteiger charge is -2.30. The van der Waals surface area contributed by atoms with Gasteiger partial charge in [-0.05, 0) is 30.7 Å². The van der Waals surface area contributed by atoms with Gasteiger partial charge >= 0.3 is 0 Å². The molecule has 0 amide bonds. The third-order valence-corrected chi connectivity index (χ3v) is 3.94. The van der Waals surface area contributed by atoms with Gasteiger partial charge < -0.3 is 0 Å². The van der Waals surface area contributed by atoms with E-state index in [1.807, 2.05) is 0 Å². The number of nitro benzene ring substituents is 1. The van der Waals surface area contributed by atoms with Crippen molar-refractivity contribution in [2.75, 3.05) is 0 Å². The van der Waals surface area contributed by atoms with Crippen molar-refractivity contribution < 1.29 is 9.72 Å². The molecule has 2 rings (SSSR count). The van der Waals surface area contributed by atoms with Crippen LogP contribution in [0.4, 0.5) is 5.69 Å². The average Bonchev–Trinajstić information content (AvgIpc) is 2.39. The first kappa shape index (κ1) is 13.7. The Kier molecular flexibility index (Phi) is 4.30. The number of benzene rings is 1. The van der Waals surface area contributed by atoms with Crippen molar-refractivity contribution in [3.8, 4) is 0 Å². The Hall–Kier alpha value is -1.71. The molecule has 1 aliphatic carbocycles. The van der Waals surface area contributed by atoms with Crippen LogP contribution in [0, 0.1) is 16.0 Å². The van der Waals surface area contributed by atoms with Gasteiger partial charge in [-0.25, -0.2) is 0 Å². The Morgan fingerprint density at radius 2 is 2.00 bits per heavy atom. The molecule has 0 N–H and O–H groups in total.